The first-order chi connectivity index (χ1) is 11.2. The van der Waals surface area contributed by atoms with Crippen molar-refractivity contribution in [3.63, 3.8) is 0 Å². The molecule has 0 saturated heterocycles. The number of carbonyl (C=O) groups excluding carboxylic acids is 1. The molecule has 0 fully saturated rings. The second-order valence-corrected chi connectivity index (χ2v) is 6.13. The van der Waals surface area contributed by atoms with E-state index in [0.29, 0.717) is 13.1 Å². The molecule has 0 aliphatic heterocycles. The molecule has 1 heterocycles. The van der Waals surface area contributed by atoms with E-state index in [9.17, 15) is 4.79 Å². The summed E-state index contributed by atoms with van der Waals surface area (Å²) < 4.78 is 7.26. The fraction of sp³-hybridized carbons (Fsp3) is 0.444. The van der Waals surface area contributed by atoms with E-state index in [1.807, 2.05) is 19.2 Å². The first-order valence-electron chi connectivity index (χ1n) is 8.11. The quantitative estimate of drug-likeness (QED) is 0.890. The number of aromatic nitrogens is 2. The summed E-state index contributed by atoms with van der Waals surface area (Å²) in [5, 5.41) is 7.16. The minimum Gasteiger partial charge on any atom is -0.496 e. The molecule has 0 bridgehead atoms. The van der Waals surface area contributed by atoms with E-state index in [1.54, 1.807) is 18.0 Å². The molecule has 2 aromatic rings. The number of hydrogen-bond acceptors (Lipinski definition) is 3. The maximum Gasteiger partial charge on any atom is 0.224 e. The van der Waals surface area contributed by atoms with Gasteiger partial charge in [0.1, 0.15) is 5.75 Å². The van der Waals surface area contributed by atoms with Crippen LogP contribution in [-0.2, 0) is 30.7 Å². The van der Waals surface area contributed by atoms with E-state index in [4.69, 9.17) is 4.74 Å². The van der Waals surface area contributed by atoms with Crippen molar-refractivity contribution < 1.29 is 9.53 Å². The molecule has 1 aliphatic carbocycles. The van der Waals surface area contributed by atoms with Crippen molar-refractivity contribution in [3.8, 4) is 5.75 Å². The second kappa shape index (κ2) is 6.86. The van der Waals surface area contributed by atoms with Crippen LogP contribution >= 0.6 is 0 Å². The fourth-order valence-corrected chi connectivity index (χ4v) is 3.11. The molecule has 1 aromatic heterocycles. The van der Waals surface area contributed by atoms with Gasteiger partial charge in [0.15, 0.2) is 0 Å². The molecule has 1 unspecified atom stereocenters. The number of nitrogens with zero attached hydrogens (tertiary/aromatic N) is 2. The molecule has 122 valence electrons. The highest BCUT2D eigenvalue weighted by molar-refractivity contribution is 5.78. The third kappa shape index (κ3) is 3.55. The zero-order valence-electron chi connectivity index (χ0n) is 13.7. The largest absolute Gasteiger partial charge is 0.496 e. The summed E-state index contributed by atoms with van der Waals surface area (Å²) in [6.45, 7) is 3.00. The molecule has 1 aliphatic rings. The van der Waals surface area contributed by atoms with Crippen molar-refractivity contribution in [2.75, 3.05) is 7.11 Å². The number of methoxy groups -OCH3 is 1. The molecule has 23 heavy (non-hydrogen) atoms. The Hall–Kier alpha value is -2.30. The topological polar surface area (TPSA) is 56.1 Å². The van der Waals surface area contributed by atoms with Crippen LogP contribution in [0.2, 0.25) is 0 Å². The summed E-state index contributed by atoms with van der Waals surface area (Å²) in [7, 11) is 1.68. The summed E-state index contributed by atoms with van der Waals surface area (Å²) in [6, 6.07) is 6.16. The SMILES string of the molecule is COc1cc2c(cc1CNC(=O)C(C)Cn1cccn1)CCC2. The fourth-order valence-electron chi connectivity index (χ4n) is 3.11. The van der Waals surface area contributed by atoms with Gasteiger partial charge in [-0.15, -0.1) is 0 Å². The average Bonchev–Trinajstić information content (AvgIpc) is 3.22. The smallest absolute Gasteiger partial charge is 0.224 e. The second-order valence-electron chi connectivity index (χ2n) is 6.13. The van der Waals surface area contributed by atoms with E-state index in [1.165, 1.54) is 17.5 Å². The first-order valence-corrected chi connectivity index (χ1v) is 8.11. The molecule has 0 saturated carbocycles. The molecule has 5 nitrogen and oxygen atoms in total. The number of benzene rings is 1. The minimum atomic E-state index is -0.129. The number of nitrogens with one attached hydrogen (secondary N) is 1. The van der Waals surface area contributed by atoms with Crippen LogP contribution in [0, 0.1) is 5.92 Å². The summed E-state index contributed by atoms with van der Waals surface area (Å²) in [4.78, 5) is 12.3. The highest BCUT2D eigenvalue weighted by atomic mass is 16.5. The van der Waals surface area contributed by atoms with Crippen LogP contribution in [0.25, 0.3) is 0 Å². The Morgan fingerprint density at radius 3 is 2.87 bits per heavy atom. The van der Waals surface area contributed by atoms with Gasteiger partial charge in [-0.3, -0.25) is 9.48 Å². The van der Waals surface area contributed by atoms with Gasteiger partial charge in [0, 0.05) is 24.5 Å². The zero-order valence-corrected chi connectivity index (χ0v) is 13.7. The number of carbonyl (C=O) groups is 1. The summed E-state index contributed by atoms with van der Waals surface area (Å²) in [5.41, 5.74) is 3.82. The molecule has 0 spiro atoms. The zero-order chi connectivity index (χ0) is 16.2. The number of hydrogen-bond donors (Lipinski definition) is 1. The third-order valence-electron chi connectivity index (χ3n) is 4.42. The summed E-state index contributed by atoms with van der Waals surface area (Å²) in [5.74, 6) is 0.768. The van der Waals surface area contributed by atoms with Crippen molar-refractivity contribution in [2.24, 2.45) is 5.92 Å². The summed E-state index contributed by atoms with van der Waals surface area (Å²) >= 11 is 0. The van der Waals surface area contributed by atoms with E-state index in [2.05, 4.69) is 22.5 Å². The molecule has 0 radical (unpaired) electrons. The molecule has 3 rings (SSSR count). The lowest BCUT2D eigenvalue weighted by molar-refractivity contribution is -0.125. The van der Waals surface area contributed by atoms with Gasteiger partial charge < -0.3 is 10.1 Å². The van der Waals surface area contributed by atoms with Crippen LogP contribution in [0.15, 0.2) is 30.6 Å². The Bertz CT molecular complexity index is 680. The van der Waals surface area contributed by atoms with Crippen LogP contribution in [0.3, 0.4) is 0 Å². The van der Waals surface area contributed by atoms with Gasteiger partial charge in [0.2, 0.25) is 5.91 Å². The lowest BCUT2D eigenvalue weighted by atomic mass is 10.0. The Labute approximate surface area is 136 Å². The Morgan fingerprint density at radius 1 is 1.39 bits per heavy atom. The van der Waals surface area contributed by atoms with Crippen molar-refractivity contribution in [1.82, 2.24) is 15.1 Å². The summed E-state index contributed by atoms with van der Waals surface area (Å²) in [6.07, 6.45) is 7.04. The molecular formula is C18H23N3O2. The van der Waals surface area contributed by atoms with Crippen molar-refractivity contribution in [3.05, 3.63) is 47.3 Å². The van der Waals surface area contributed by atoms with Gasteiger partial charge in [-0.05, 0) is 42.5 Å². The number of fused-ring (bicyclic) bond motifs is 1. The number of amides is 1. The standard InChI is InChI=1S/C18H23N3O2/c1-13(12-21-8-4-7-20-21)18(22)19-11-16-9-14-5-3-6-15(14)10-17(16)23-2/h4,7-10,13H,3,5-6,11-12H2,1-2H3,(H,19,22). The number of rotatable bonds is 6. The van der Waals surface area contributed by atoms with Crippen LogP contribution in [0.5, 0.6) is 5.75 Å². The van der Waals surface area contributed by atoms with E-state index in [-0.39, 0.29) is 11.8 Å². The average molecular weight is 313 g/mol. The molecule has 1 N–H and O–H groups in total. The van der Waals surface area contributed by atoms with Crippen LogP contribution in [-0.4, -0.2) is 22.8 Å². The third-order valence-corrected chi connectivity index (χ3v) is 4.42. The normalized spacial score (nSPS) is 14.3. The molecule has 1 aromatic carbocycles. The lowest BCUT2D eigenvalue weighted by Crippen LogP contribution is -2.31. The molecular weight excluding hydrogens is 290 g/mol. The minimum absolute atomic E-state index is 0.0306. The lowest BCUT2D eigenvalue weighted by Gasteiger charge is -2.15. The molecule has 1 atom stereocenters. The molecule has 5 heteroatoms. The highest BCUT2D eigenvalue weighted by Crippen LogP contribution is 2.29. The van der Waals surface area contributed by atoms with E-state index < -0.39 is 0 Å². The Kier molecular flexibility index (Phi) is 4.65. The van der Waals surface area contributed by atoms with Gasteiger partial charge in [-0.25, -0.2) is 0 Å². The van der Waals surface area contributed by atoms with Crippen molar-refractivity contribution >= 4 is 5.91 Å². The van der Waals surface area contributed by atoms with Crippen molar-refractivity contribution in [2.45, 2.75) is 39.3 Å². The Balaban J connectivity index is 1.62. The van der Waals surface area contributed by atoms with Gasteiger partial charge in [0.05, 0.1) is 19.6 Å². The van der Waals surface area contributed by atoms with Gasteiger partial charge >= 0.3 is 0 Å². The number of ether oxygens (including phenoxy) is 1. The number of aryl methyl sites for hydroxylation is 2. The monoisotopic (exact) mass is 313 g/mol. The highest BCUT2D eigenvalue weighted by Gasteiger charge is 2.17. The van der Waals surface area contributed by atoms with E-state index in [0.717, 1.165) is 24.2 Å². The van der Waals surface area contributed by atoms with Gasteiger partial charge in [-0.2, -0.15) is 5.10 Å². The van der Waals surface area contributed by atoms with Crippen LogP contribution in [0.1, 0.15) is 30.0 Å². The van der Waals surface area contributed by atoms with Gasteiger partial charge in [0.25, 0.3) is 0 Å². The van der Waals surface area contributed by atoms with Crippen LogP contribution in [0.4, 0.5) is 0 Å². The van der Waals surface area contributed by atoms with Crippen LogP contribution < -0.4 is 10.1 Å². The maximum absolute atomic E-state index is 12.3. The molecule has 1 amide bonds. The Morgan fingerprint density at radius 2 is 2.17 bits per heavy atom. The van der Waals surface area contributed by atoms with Gasteiger partial charge in [-0.1, -0.05) is 13.0 Å². The van der Waals surface area contributed by atoms with Crippen molar-refractivity contribution in [1.29, 1.82) is 0 Å². The van der Waals surface area contributed by atoms with E-state index >= 15 is 0 Å². The first kappa shape index (κ1) is 15.6. The predicted octanol–water partition coefficient (Wildman–Crippen LogP) is 2.33. The maximum atomic E-state index is 12.3. The predicted molar refractivity (Wildman–Crippen MR) is 88.3 cm³/mol.